The minimum Gasteiger partial charge on any atom is -1.00 e. The minimum absolute atomic E-state index is 0. The van der Waals surface area contributed by atoms with Crippen molar-refractivity contribution in [3.05, 3.63) is 89.1 Å². The zero-order valence-corrected chi connectivity index (χ0v) is 17.1. The number of phenolic OH excluding ortho intramolecular Hbond substituents is 2. The smallest absolute Gasteiger partial charge is 0.416 e. The highest BCUT2D eigenvalue weighted by atomic mass is 35.5. The van der Waals surface area contributed by atoms with Crippen LogP contribution in [0.3, 0.4) is 0 Å². The minimum atomic E-state index is -4.43. The number of H-pyrrole nitrogens is 1. The van der Waals surface area contributed by atoms with Crippen LogP contribution in [0, 0.1) is 0 Å². The SMILES string of the molecule is Oc1ccc2c(c1)C(=C(c1ccc(C(F)(F)F)cc1)c1c[nH]c3ccc(O)cc13)C=[NH+]2.[Cl-]. The van der Waals surface area contributed by atoms with Gasteiger partial charge in [0.05, 0.1) is 16.7 Å². The van der Waals surface area contributed by atoms with E-state index < -0.39 is 11.7 Å². The number of hydrogen-bond acceptors (Lipinski definition) is 2. The van der Waals surface area contributed by atoms with Crippen LogP contribution >= 0.6 is 0 Å². The van der Waals surface area contributed by atoms with Crippen LogP contribution in [0.5, 0.6) is 11.5 Å². The second-order valence-corrected chi connectivity index (χ2v) is 7.31. The molecular formula is C24H16ClF3N2O2. The zero-order chi connectivity index (χ0) is 21.8. The average Bonchev–Trinajstić information content (AvgIpc) is 3.33. The molecule has 162 valence electrons. The molecule has 1 aliphatic rings. The number of rotatable bonds is 2. The summed E-state index contributed by atoms with van der Waals surface area (Å²) in [5.74, 6) is 0.161. The lowest BCUT2D eigenvalue weighted by molar-refractivity contribution is -0.342. The predicted octanol–water partition coefficient (Wildman–Crippen LogP) is 1.36. The molecule has 4 nitrogen and oxygen atoms in total. The number of phenols is 2. The van der Waals surface area contributed by atoms with Gasteiger partial charge in [0.15, 0.2) is 6.21 Å². The maximum absolute atomic E-state index is 13.1. The second kappa shape index (κ2) is 7.76. The molecule has 2 heterocycles. The van der Waals surface area contributed by atoms with Crippen molar-refractivity contribution < 1.29 is 40.8 Å². The Bertz CT molecular complexity index is 1390. The van der Waals surface area contributed by atoms with E-state index >= 15 is 0 Å². The van der Waals surface area contributed by atoms with Gasteiger partial charge in [0.1, 0.15) is 11.5 Å². The third-order valence-corrected chi connectivity index (χ3v) is 5.37. The van der Waals surface area contributed by atoms with Crippen molar-refractivity contribution in [2.75, 3.05) is 0 Å². The lowest BCUT2D eigenvalue weighted by atomic mass is 9.89. The first-order valence-corrected chi connectivity index (χ1v) is 9.47. The van der Waals surface area contributed by atoms with Crippen LogP contribution in [0.2, 0.25) is 0 Å². The summed E-state index contributed by atoms with van der Waals surface area (Å²) < 4.78 is 39.3. The predicted molar refractivity (Wildman–Crippen MR) is 112 cm³/mol. The van der Waals surface area contributed by atoms with E-state index in [9.17, 15) is 23.4 Å². The van der Waals surface area contributed by atoms with Gasteiger partial charge in [-0.15, -0.1) is 0 Å². The summed E-state index contributed by atoms with van der Waals surface area (Å²) in [6.07, 6.45) is -0.907. The van der Waals surface area contributed by atoms with Gasteiger partial charge in [0.25, 0.3) is 0 Å². The van der Waals surface area contributed by atoms with E-state index in [1.807, 2.05) is 0 Å². The van der Waals surface area contributed by atoms with Crippen LogP contribution < -0.4 is 17.4 Å². The number of alkyl halides is 3. The standard InChI is InChI=1S/C24H15F3N2O2.ClH/c25-24(26,27)14-3-1-13(2-4-14)23(19-11-28-21-7-5-15(30)9-17(19)21)20-12-29-22-8-6-16(31)10-18(20)22;/h1-12,28,30-31H;1H. The van der Waals surface area contributed by atoms with E-state index in [-0.39, 0.29) is 23.9 Å². The lowest BCUT2D eigenvalue weighted by Crippen LogP contribution is -3.00. The number of hydrogen-bond donors (Lipinski definition) is 4. The first-order chi connectivity index (χ1) is 14.8. The quantitative estimate of drug-likeness (QED) is 0.344. The van der Waals surface area contributed by atoms with Crippen LogP contribution in [0.1, 0.15) is 22.3 Å². The molecule has 0 unspecified atom stereocenters. The van der Waals surface area contributed by atoms with Gasteiger partial charge in [-0.05, 0) is 48.0 Å². The number of aromatic amines is 1. The molecule has 1 aliphatic heterocycles. The third-order valence-electron chi connectivity index (χ3n) is 5.37. The number of nitrogens with one attached hydrogen (secondary N) is 2. The molecular weight excluding hydrogens is 441 g/mol. The Hall–Kier alpha value is -3.71. The Labute approximate surface area is 186 Å². The summed E-state index contributed by atoms with van der Waals surface area (Å²) in [6, 6.07) is 14.8. The number of halogens is 4. The number of allylic oxidation sites excluding steroid dienone is 1. The van der Waals surface area contributed by atoms with Gasteiger partial charge in [-0.2, -0.15) is 13.2 Å². The average molecular weight is 457 g/mol. The first-order valence-electron chi connectivity index (χ1n) is 9.47. The molecule has 0 atom stereocenters. The third kappa shape index (κ3) is 3.61. The van der Waals surface area contributed by atoms with Gasteiger partial charge in [-0.3, -0.25) is 0 Å². The molecule has 0 amide bonds. The molecule has 4 aromatic rings. The summed E-state index contributed by atoms with van der Waals surface area (Å²) in [6.45, 7) is 0. The van der Waals surface area contributed by atoms with Crippen LogP contribution in [-0.4, -0.2) is 21.4 Å². The molecule has 1 aromatic heterocycles. The highest BCUT2D eigenvalue weighted by Crippen LogP contribution is 2.40. The Morgan fingerprint density at radius 2 is 1.56 bits per heavy atom. The molecule has 5 rings (SSSR count). The summed E-state index contributed by atoms with van der Waals surface area (Å²) >= 11 is 0. The van der Waals surface area contributed by atoms with Crippen molar-refractivity contribution in [2.24, 2.45) is 0 Å². The van der Waals surface area contributed by atoms with Crippen LogP contribution in [0.4, 0.5) is 18.9 Å². The summed E-state index contributed by atoms with van der Waals surface area (Å²) in [4.78, 5) is 6.30. The molecule has 0 saturated heterocycles. The van der Waals surface area contributed by atoms with E-state index in [0.717, 1.165) is 45.4 Å². The summed E-state index contributed by atoms with van der Waals surface area (Å²) in [5.41, 5.74) is 4.22. The van der Waals surface area contributed by atoms with E-state index in [1.54, 1.807) is 48.8 Å². The number of benzene rings is 3. The van der Waals surface area contributed by atoms with Crippen molar-refractivity contribution in [3.8, 4) is 11.5 Å². The maximum atomic E-state index is 13.1. The Morgan fingerprint density at radius 1 is 0.875 bits per heavy atom. The van der Waals surface area contributed by atoms with Crippen molar-refractivity contribution in [1.82, 2.24) is 4.98 Å². The van der Waals surface area contributed by atoms with Gasteiger partial charge in [0.2, 0.25) is 5.69 Å². The molecule has 0 bridgehead atoms. The maximum Gasteiger partial charge on any atom is 0.416 e. The van der Waals surface area contributed by atoms with Crippen molar-refractivity contribution in [2.45, 2.75) is 6.18 Å². The Balaban J connectivity index is 0.00000245. The van der Waals surface area contributed by atoms with Crippen molar-refractivity contribution in [1.29, 1.82) is 0 Å². The Morgan fingerprint density at radius 3 is 2.28 bits per heavy atom. The molecule has 0 spiro atoms. The lowest BCUT2D eigenvalue weighted by Gasteiger charge is -2.12. The fourth-order valence-electron chi connectivity index (χ4n) is 3.91. The van der Waals surface area contributed by atoms with Crippen LogP contribution in [0.15, 0.2) is 66.9 Å². The van der Waals surface area contributed by atoms with Gasteiger partial charge in [0, 0.05) is 34.3 Å². The van der Waals surface area contributed by atoms with E-state index in [1.165, 1.54) is 12.1 Å². The molecule has 3 aromatic carbocycles. The van der Waals surface area contributed by atoms with Gasteiger partial charge in [-0.1, -0.05) is 12.1 Å². The van der Waals surface area contributed by atoms with E-state index in [2.05, 4.69) is 9.98 Å². The largest absolute Gasteiger partial charge is 1.00 e. The Kier molecular flexibility index (Phi) is 5.22. The second-order valence-electron chi connectivity index (χ2n) is 7.31. The van der Waals surface area contributed by atoms with Crippen LogP contribution in [0.25, 0.3) is 22.0 Å². The molecule has 4 N–H and O–H groups in total. The first kappa shape index (κ1) is 21.5. The number of aromatic nitrogens is 1. The topological polar surface area (TPSA) is 70.2 Å². The molecule has 0 radical (unpaired) electrons. The zero-order valence-electron chi connectivity index (χ0n) is 16.3. The molecule has 0 aliphatic carbocycles. The van der Waals surface area contributed by atoms with Gasteiger partial charge < -0.3 is 27.6 Å². The van der Waals surface area contributed by atoms with Gasteiger partial charge in [-0.25, -0.2) is 4.99 Å². The van der Waals surface area contributed by atoms with E-state index in [4.69, 9.17) is 0 Å². The molecule has 0 fully saturated rings. The highest BCUT2D eigenvalue weighted by Gasteiger charge is 2.31. The number of aromatic hydroxyl groups is 2. The highest BCUT2D eigenvalue weighted by molar-refractivity contribution is 6.25. The normalized spacial score (nSPS) is 14.3. The molecule has 8 heteroatoms. The van der Waals surface area contributed by atoms with Crippen molar-refractivity contribution in [3.63, 3.8) is 0 Å². The fourth-order valence-corrected chi connectivity index (χ4v) is 3.91. The number of fused-ring (bicyclic) bond motifs is 2. The molecule has 32 heavy (non-hydrogen) atoms. The van der Waals surface area contributed by atoms with Crippen LogP contribution in [-0.2, 0) is 6.18 Å². The summed E-state index contributed by atoms with van der Waals surface area (Å²) in [7, 11) is 0. The van der Waals surface area contributed by atoms with E-state index in [0.29, 0.717) is 11.1 Å². The van der Waals surface area contributed by atoms with Gasteiger partial charge >= 0.3 is 6.18 Å². The summed E-state index contributed by atoms with van der Waals surface area (Å²) in [5, 5.41) is 20.7. The fraction of sp³-hybridized carbons (Fsp3) is 0.0417. The molecule has 0 saturated carbocycles. The van der Waals surface area contributed by atoms with Crippen molar-refractivity contribution >= 4 is 34.0 Å². The monoisotopic (exact) mass is 456 g/mol.